The summed E-state index contributed by atoms with van der Waals surface area (Å²) >= 11 is 0. The number of benzene rings is 6. The molecule has 0 fully saturated rings. The van der Waals surface area contributed by atoms with Crippen LogP contribution < -0.4 is 0 Å². The molecule has 0 amide bonds. The normalized spacial score (nSPS) is 16.4. The minimum atomic E-state index is -3.54. The average molecular weight is 656 g/mol. The van der Waals surface area contributed by atoms with Gasteiger partial charge >= 0.3 is 0 Å². The maximum absolute atomic E-state index is 11.7. The van der Waals surface area contributed by atoms with Gasteiger partial charge in [0.25, 0.3) is 0 Å². The van der Waals surface area contributed by atoms with Gasteiger partial charge in [0, 0.05) is 27.4 Å². The quantitative estimate of drug-likeness (QED) is 0.119. The molecule has 0 radical (unpaired) electrons. The molecule has 5 N–H and O–H groups in total. The van der Waals surface area contributed by atoms with E-state index >= 15 is 0 Å². The van der Waals surface area contributed by atoms with Crippen LogP contribution in [0, 0.1) is 0 Å². The summed E-state index contributed by atoms with van der Waals surface area (Å²) in [5.41, 5.74) is 9.02. The topological polar surface area (TPSA) is 96.7 Å². The highest BCUT2D eigenvalue weighted by molar-refractivity contribution is 8.29. The van der Waals surface area contributed by atoms with Crippen molar-refractivity contribution in [2.75, 3.05) is 0 Å². The summed E-state index contributed by atoms with van der Waals surface area (Å²) in [5, 5.41) is 2.07. The van der Waals surface area contributed by atoms with Crippen molar-refractivity contribution in [3.63, 3.8) is 0 Å². The zero-order valence-electron chi connectivity index (χ0n) is 25.6. The molecule has 0 bridgehead atoms. The molecule has 0 unspecified atom stereocenters. The van der Waals surface area contributed by atoms with E-state index in [1.807, 2.05) is 42.5 Å². The van der Waals surface area contributed by atoms with Crippen LogP contribution in [0.4, 0.5) is 0 Å². The maximum atomic E-state index is 11.7. The zero-order chi connectivity index (χ0) is 32.3. The van der Waals surface area contributed by atoms with Crippen molar-refractivity contribution in [3.8, 4) is 11.1 Å². The third kappa shape index (κ3) is 4.83. The van der Waals surface area contributed by atoms with Crippen LogP contribution in [-0.2, 0) is 6.42 Å². The highest BCUT2D eigenvalue weighted by atomic mass is 32.3. The first kappa shape index (κ1) is 29.8. The molecule has 0 saturated carbocycles. The summed E-state index contributed by atoms with van der Waals surface area (Å²) in [5.74, 6) is 0. The van der Waals surface area contributed by atoms with Crippen LogP contribution >= 0.6 is 21.2 Å². The Morgan fingerprint density at radius 2 is 1.28 bits per heavy atom. The van der Waals surface area contributed by atoms with Crippen LogP contribution in [-0.4, -0.2) is 23.2 Å². The molecule has 1 aliphatic rings. The Morgan fingerprint density at radius 3 is 2.00 bits per heavy atom. The Hall–Kier alpha value is -4.60. The Labute approximate surface area is 276 Å². The monoisotopic (exact) mass is 655 g/mol. The molecule has 8 rings (SSSR count). The van der Waals surface area contributed by atoms with Crippen LogP contribution in [0.3, 0.4) is 0 Å². The molecule has 5 nitrogen and oxygen atoms in total. The standard InChI is InChI=1S/C40H33NO4S2/c1-2-27-23-30(32(28-14-7-4-8-15-28)22-26-12-5-3-6-13-26)25-34-33-24-29(20-21-35(33)41-39(27)34)31-16-11-19-38-40(31)47(44,45)37-18-10-9-17-36(37)46(38,42)43/h3-25,41-45H,2H2,1H3/b32-22-. The number of fused-ring (bicyclic) bond motifs is 5. The Bertz CT molecular complexity index is 2340. The molecular formula is C40H33NO4S2. The minimum absolute atomic E-state index is 0.154. The molecule has 0 saturated heterocycles. The smallest absolute Gasteiger partial charge is 0.0950 e. The van der Waals surface area contributed by atoms with E-state index in [9.17, 15) is 18.2 Å². The van der Waals surface area contributed by atoms with Gasteiger partial charge in [-0.15, -0.1) is 21.2 Å². The molecule has 234 valence electrons. The lowest BCUT2D eigenvalue weighted by molar-refractivity contribution is 0.453. The van der Waals surface area contributed by atoms with E-state index in [4.69, 9.17) is 0 Å². The highest BCUT2D eigenvalue weighted by Crippen LogP contribution is 2.75. The maximum Gasteiger partial charge on any atom is 0.0950 e. The van der Waals surface area contributed by atoms with Gasteiger partial charge in [-0.05, 0) is 88.4 Å². The molecule has 7 heteroatoms. The van der Waals surface area contributed by atoms with Crippen LogP contribution in [0.25, 0.3) is 44.6 Å². The molecule has 0 aliphatic carbocycles. The van der Waals surface area contributed by atoms with Crippen molar-refractivity contribution in [1.29, 1.82) is 0 Å². The number of rotatable bonds is 5. The summed E-state index contributed by atoms with van der Waals surface area (Å²) in [4.78, 5) is 4.29. The van der Waals surface area contributed by atoms with Crippen LogP contribution in [0.1, 0.15) is 29.2 Å². The lowest BCUT2D eigenvalue weighted by atomic mass is 9.92. The van der Waals surface area contributed by atoms with E-state index in [1.165, 1.54) is 5.56 Å². The summed E-state index contributed by atoms with van der Waals surface area (Å²) in [6.07, 6.45) is 3.06. The fourth-order valence-electron chi connectivity index (χ4n) is 6.75. The summed E-state index contributed by atoms with van der Waals surface area (Å²) in [6.45, 7) is 2.16. The Balaban J connectivity index is 1.35. The number of aromatic nitrogens is 1. The van der Waals surface area contributed by atoms with Gasteiger partial charge in [-0.25, -0.2) is 0 Å². The van der Waals surface area contributed by atoms with Crippen LogP contribution in [0.2, 0.25) is 0 Å². The number of nitrogens with one attached hydrogen (secondary N) is 1. The van der Waals surface area contributed by atoms with Gasteiger partial charge in [-0.2, -0.15) is 0 Å². The average Bonchev–Trinajstić information content (AvgIpc) is 3.48. The summed E-state index contributed by atoms with van der Waals surface area (Å²) < 4.78 is 46.3. The van der Waals surface area contributed by atoms with Gasteiger partial charge < -0.3 is 4.98 Å². The lowest BCUT2D eigenvalue weighted by Gasteiger charge is -2.48. The second kappa shape index (κ2) is 11.3. The third-order valence-corrected chi connectivity index (χ3v) is 13.2. The number of hydrogen-bond donors (Lipinski definition) is 5. The van der Waals surface area contributed by atoms with Crippen molar-refractivity contribution < 1.29 is 18.2 Å². The molecule has 0 spiro atoms. The second-order valence-corrected chi connectivity index (χ2v) is 15.7. The van der Waals surface area contributed by atoms with Crippen molar-refractivity contribution in [2.24, 2.45) is 0 Å². The predicted molar refractivity (Wildman–Crippen MR) is 196 cm³/mol. The minimum Gasteiger partial charge on any atom is -0.354 e. The van der Waals surface area contributed by atoms with E-state index in [1.54, 1.807) is 36.4 Å². The SMILES string of the molecule is CCc1cc(/C(=C\c2ccccc2)c2ccccc2)cc2c1[nH]c1ccc(-c3cccc4c3S(O)(O)c3ccccc3S4(O)O)cc12. The number of hydrogen-bond acceptors (Lipinski definition) is 4. The summed E-state index contributed by atoms with van der Waals surface area (Å²) in [7, 11) is -6.99. The van der Waals surface area contributed by atoms with Crippen LogP contribution in [0.5, 0.6) is 0 Å². The highest BCUT2D eigenvalue weighted by Gasteiger charge is 2.41. The number of aromatic amines is 1. The molecule has 0 atom stereocenters. The summed E-state index contributed by atoms with van der Waals surface area (Å²) in [6, 6.07) is 43.0. The van der Waals surface area contributed by atoms with E-state index in [2.05, 4.69) is 72.6 Å². The van der Waals surface area contributed by atoms with Crippen LogP contribution in [0.15, 0.2) is 153 Å². The third-order valence-electron chi connectivity index (χ3n) is 9.02. The van der Waals surface area contributed by atoms with Crippen molar-refractivity contribution >= 4 is 54.6 Å². The van der Waals surface area contributed by atoms with Gasteiger partial charge in [0.1, 0.15) is 0 Å². The first-order valence-electron chi connectivity index (χ1n) is 15.5. The van der Waals surface area contributed by atoms with Gasteiger partial charge in [0.05, 0.1) is 19.6 Å². The molecule has 2 heterocycles. The van der Waals surface area contributed by atoms with Gasteiger partial charge in [-0.3, -0.25) is 18.2 Å². The number of H-pyrrole nitrogens is 1. The van der Waals surface area contributed by atoms with E-state index in [-0.39, 0.29) is 19.6 Å². The first-order valence-corrected chi connectivity index (χ1v) is 18.6. The Morgan fingerprint density at radius 1 is 0.617 bits per heavy atom. The molecule has 7 aromatic rings. The largest absolute Gasteiger partial charge is 0.354 e. The van der Waals surface area contributed by atoms with E-state index < -0.39 is 21.2 Å². The van der Waals surface area contributed by atoms with Crippen molar-refractivity contribution in [3.05, 3.63) is 156 Å². The fraction of sp³-hybridized carbons (Fsp3) is 0.0500. The second-order valence-electron chi connectivity index (χ2n) is 11.8. The lowest BCUT2D eigenvalue weighted by Crippen LogP contribution is -2.16. The van der Waals surface area contributed by atoms with Crippen molar-refractivity contribution in [1.82, 2.24) is 4.98 Å². The van der Waals surface area contributed by atoms with Gasteiger partial charge in [-0.1, -0.05) is 97.9 Å². The van der Waals surface area contributed by atoms with E-state index in [0.29, 0.717) is 5.56 Å². The molecular weight excluding hydrogens is 623 g/mol. The molecule has 6 aromatic carbocycles. The number of aryl methyl sites for hydroxylation is 1. The molecule has 47 heavy (non-hydrogen) atoms. The molecule has 1 aromatic heterocycles. The zero-order valence-corrected chi connectivity index (χ0v) is 27.2. The van der Waals surface area contributed by atoms with Gasteiger partial charge in [0.15, 0.2) is 0 Å². The predicted octanol–water partition coefficient (Wildman–Crippen LogP) is 11.8. The van der Waals surface area contributed by atoms with E-state index in [0.717, 1.165) is 56.1 Å². The Kier molecular flexibility index (Phi) is 7.15. The molecule has 1 aliphatic heterocycles. The first-order chi connectivity index (χ1) is 22.8. The fourth-order valence-corrected chi connectivity index (χ4v) is 11.3. The van der Waals surface area contributed by atoms with Crippen molar-refractivity contribution in [2.45, 2.75) is 32.9 Å². The van der Waals surface area contributed by atoms with Gasteiger partial charge in [0.2, 0.25) is 0 Å².